The summed E-state index contributed by atoms with van der Waals surface area (Å²) in [6.45, 7) is 5.51. The van der Waals surface area contributed by atoms with Crippen LogP contribution in [0, 0.1) is 0 Å². The van der Waals surface area contributed by atoms with Crippen LogP contribution in [-0.2, 0) is 11.3 Å². The molecule has 0 fully saturated rings. The van der Waals surface area contributed by atoms with Gasteiger partial charge in [-0.1, -0.05) is 52.0 Å². The minimum absolute atomic E-state index is 0.00535. The predicted molar refractivity (Wildman–Crippen MR) is 121 cm³/mol. The fourth-order valence-electron chi connectivity index (χ4n) is 2.96. The van der Waals surface area contributed by atoms with Gasteiger partial charge >= 0.3 is 0 Å². The van der Waals surface area contributed by atoms with E-state index in [1.54, 1.807) is 22.8 Å². The molecule has 1 aromatic heterocycles. The number of thioether (sulfide) groups is 1. The van der Waals surface area contributed by atoms with E-state index in [1.807, 2.05) is 44.2 Å². The van der Waals surface area contributed by atoms with Crippen molar-refractivity contribution in [1.82, 2.24) is 9.55 Å². The molecular weight excluding hydrogens is 452 g/mol. The molecule has 1 heterocycles. The van der Waals surface area contributed by atoms with E-state index in [-0.39, 0.29) is 16.6 Å². The molecule has 0 amide bonds. The second-order valence-electron chi connectivity index (χ2n) is 6.55. The molecule has 0 unspecified atom stereocenters. The van der Waals surface area contributed by atoms with E-state index in [0.717, 1.165) is 4.47 Å². The third-order valence-corrected chi connectivity index (χ3v) is 6.10. The summed E-state index contributed by atoms with van der Waals surface area (Å²) in [6.07, 6.45) is 0.705. The molecule has 0 aliphatic carbocycles. The lowest BCUT2D eigenvalue weighted by atomic mass is 10.1. The fourth-order valence-corrected chi connectivity index (χ4v) is 4.24. The second-order valence-corrected chi connectivity index (χ2v) is 8.77. The number of para-hydroxylation sites is 1. The molecule has 0 saturated heterocycles. The van der Waals surface area contributed by atoms with E-state index in [0.29, 0.717) is 47.8 Å². The highest BCUT2D eigenvalue weighted by molar-refractivity contribution is 9.10. The Hall–Kier alpha value is -1.96. The van der Waals surface area contributed by atoms with E-state index >= 15 is 0 Å². The summed E-state index contributed by atoms with van der Waals surface area (Å²) < 4.78 is 8.00. The maximum Gasteiger partial charge on any atom is 0.262 e. The average molecular weight is 475 g/mol. The topological polar surface area (TPSA) is 61.2 Å². The quantitative estimate of drug-likeness (QED) is 0.190. The molecule has 3 aromatic rings. The second kappa shape index (κ2) is 10.2. The van der Waals surface area contributed by atoms with Gasteiger partial charge in [-0.3, -0.25) is 14.2 Å². The molecule has 5 nitrogen and oxygen atoms in total. The standard InChI is InChI=1S/C22H23BrN2O3S/c1-3-28-14-6-13-25-21(27)18-7-4-5-8-19(18)24-22(25)29-15(2)20(26)16-9-11-17(23)12-10-16/h4-5,7-12,15H,3,6,13-14H2,1-2H3/t15-/m0/s1. The van der Waals surface area contributed by atoms with E-state index in [1.165, 1.54) is 11.8 Å². The number of carbonyl (C=O) groups excluding carboxylic acids is 1. The molecule has 7 heteroatoms. The van der Waals surface area contributed by atoms with Crippen LogP contribution in [0.25, 0.3) is 10.9 Å². The number of halogens is 1. The molecule has 152 valence electrons. The predicted octanol–water partition coefficient (Wildman–Crippen LogP) is 4.95. The number of fused-ring (bicyclic) bond motifs is 1. The first kappa shape index (κ1) is 21.7. The normalized spacial score (nSPS) is 12.2. The van der Waals surface area contributed by atoms with Gasteiger partial charge in [-0.05, 0) is 44.5 Å². The maximum absolute atomic E-state index is 13.1. The van der Waals surface area contributed by atoms with Crippen LogP contribution in [0.2, 0.25) is 0 Å². The van der Waals surface area contributed by atoms with Crippen molar-refractivity contribution in [3.63, 3.8) is 0 Å². The van der Waals surface area contributed by atoms with E-state index < -0.39 is 0 Å². The lowest BCUT2D eigenvalue weighted by Crippen LogP contribution is -2.25. The number of hydrogen-bond acceptors (Lipinski definition) is 5. The summed E-state index contributed by atoms with van der Waals surface area (Å²) >= 11 is 4.71. The highest BCUT2D eigenvalue weighted by atomic mass is 79.9. The number of nitrogens with zero attached hydrogens (tertiary/aromatic N) is 2. The molecular formula is C22H23BrN2O3S. The largest absolute Gasteiger partial charge is 0.382 e. The zero-order valence-electron chi connectivity index (χ0n) is 16.4. The Morgan fingerprint density at radius 3 is 2.66 bits per heavy atom. The molecule has 0 bridgehead atoms. The van der Waals surface area contributed by atoms with Crippen LogP contribution >= 0.6 is 27.7 Å². The Balaban J connectivity index is 1.90. The molecule has 2 aromatic carbocycles. The first-order valence-electron chi connectivity index (χ1n) is 9.55. The van der Waals surface area contributed by atoms with Crippen molar-refractivity contribution >= 4 is 44.4 Å². The Labute approximate surface area is 182 Å². The van der Waals surface area contributed by atoms with Crippen molar-refractivity contribution in [3.05, 3.63) is 68.9 Å². The maximum atomic E-state index is 13.1. The van der Waals surface area contributed by atoms with Crippen LogP contribution in [0.3, 0.4) is 0 Å². The van der Waals surface area contributed by atoms with Gasteiger partial charge in [0, 0.05) is 29.8 Å². The number of benzene rings is 2. The number of hydrogen-bond donors (Lipinski definition) is 0. The zero-order valence-corrected chi connectivity index (χ0v) is 18.8. The zero-order chi connectivity index (χ0) is 20.8. The van der Waals surface area contributed by atoms with E-state index in [9.17, 15) is 9.59 Å². The third-order valence-electron chi connectivity index (χ3n) is 4.48. The van der Waals surface area contributed by atoms with Crippen LogP contribution in [0.5, 0.6) is 0 Å². The first-order valence-corrected chi connectivity index (χ1v) is 11.2. The van der Waals surface area contributed by atoms with Gasteiger partial charge in [-0.15, -0.1) is 0 Å². The van der Waals surface area contributed by atoms with Gasteiger partial charge in [0.25, 0.3) is 5.56 Å². The third kappa shape index (κ3) is 5.35. The van der Waals surface area contributed by atoms with Gasteiger partial charge in [-0.25, -0.2) is 4.98 Å². The summed E-state index contributed by atoms with van der Waals surface area (Å²) in [4.78, 5) is 30.6. The van der Waals surface area contributed by atoms with Crippen LogP contribution < -0.4 is 5.56 Å². The van der Waals surface area contributed by atoms with Gasteiger partial charge in [0.05, 0.1) is 16.2 Å². The first-order chi connectivity index (χ1) is 14.0. The van der Waals surface area contributed by atoms with Gasteiger partial charge < -0.3 is 4.74 Å². The van der Waals surface area contributed by atoms with Gasteiger partial charge in [0.2, 0.25) is 0 Å². The molecule has 0 radical (unpaired) electrons. The Morgan fingerprint density at radius 2 is 1.93 bits per heavy atom. The van der Waals surface area contributed by atoms with Crippen molar-refractivity contribution in [2.45, 2.75) is 37.2 Å². The number of rotatable bonds is 9. The monoisotopic (exact) mass is 474 g/mol. The number of ether oxygens (including phenoxy) is 1. The molecule has 1 atom stereocenters. The smallest absolute Gasteiger partial charge is 0.262 e. The van der Waals surface area contributed by atoms with Gasteiger partial charge in [0.15, 0.2) is 10.9 Å². The summed E-state index contributed by atoms with van der Waals surface area (Å²) in [6, 6.07) is 14.6. The molecule has 0 aliphatic rings. The van der Waals surface area contributed by atoms with Crippen LogP contribution in [0.1, 0.15) is 30.6 Å². The van der Waals surface area contributed by atoms with Crippen molar-refractivity contribution in [2.24, 2.45) is 0 Å². The number of aromatic nitrogens is 2. The lowest BCUT2D eigenvalue weighted by Gasteiger charge is -2.16. The average Bonchev–Trinajstić information content (AvgIpc) is 2.73. The molecule has 29 heavy (non-hydrogen) atoms. The highest BCUT2D eigenvalue weighted by Gasteiger charge is 2.20. The summed E-state index contributed by atoms with van der Waals surface area (Å²) in [5.74, 6) is 0.00535. The van der Waals surface area contributed by atoms with Crippen LogP contribution in [0.15, 0.2) is 63.0 Å². The van der Waals surface area contributed by atoms with Gasteiger partial charge in [0.1, 0.15) is 0 Å². The van der Waals surface area contributed by atoms with Crippen molar-refractivity contribution in [3.8, 4) is 0 Å². The minimum Gasteiger partial charge on any atom is -0.382 e. The minimum atomic E-state index is -0.373. The van der Waals surface area contributed by atoms with Crippen LogP contribution in [0.4, 0.5) is 0 Å². The highest BCUT2D eigenvalue weighted by Crippen LogP contribution is 2.25. The molecule has 3 rings (SSSR count). The SMILES string of the molecule is CCOCCCn1c(S[C@@H](C)C(=O)c2ccc(Br)cc2)nc2ccccc2c1=O. The van der Waals surface area contributed by atoms with Crippen molar-refractivity contribution < 1.29 is 9.53 Å². The van der Waals surface area contributed by atoms with Crippen molar-refractivity contribution in [2.75, 3.05) is 13.2 Å². The van der Waals surface area contributed by atoms with Crippen LogP contribution in [-0.4, -0.2) is 33.8 Å². The molecule has 0 saturated carbocycles. The Morgan fingerprint density at radius 1 is 1.21 bits per heavy atom. The van der Waals surface area contributed by atoms with E-state index in [4.69, 9.17) is 9.72 Å². The number of carbonyl (C=O) groups is 1. The summed E-state index contributed by atoms with van der Waals surface area (Å²) in [7, 11) is 0. The Kier molecular flexibility index (Phi) is 7.64. The lowest BCUT2D eigenvalue weighted by molar-refractivity contribution is 0.0993. The van der Waals surface area contributed by atoms with E-state index in [2.05, 4.69) is 15.9 Å². The molecule has 0 N–H and O–H groups in total. The van der Waals surface area contributed by atoms with Gasteiger partial charge in [-0.2, -0.15) is 0 Å². The number of Topliss-reactive ketones (excluding diaryl/α,β-unsaturated/α-hetero) is 1. The molecule has 0 spiro atoms. The number of ketones is 1. The summed E-state index contributed by atoms with van der Waals surface area (Å²) in [5.41, 5.74) is 1.20. The van der Waals surface area contributed by atoms with Crippen molar-refractivity contribution in [1.29, 1.82) is 0 Å². The summed E-state index contributed by atoms with van der Waals surface area (Å²) in [5, 5.41) is 0.769. The molecule has 0 aliphatic heterocycles. The Bertz CT molecular complexity index is 1050. The fraction of sp³-hybridized carbons (Fsp3) is 0.318.